The topological polar surface area (TPSA) is 64.1 Å². The van der Waals surface area contributed by atoms with Gasteiger partial charge in [0.25, 0.3) is 0 Å². The highest BCUT2D eigenvalue weighted by atomic mass is 16.4. The Kier molecular flexibility index (Phi) is 4.86. The van der Waals surface area contributed by atoms with Gasteiger partial charge < -0.3 is 14.9 Å². The summed E-state index contributed by atoms with van der Waals surface area (Å²) in [6.45, 7) is 6.42. The molecule has 20 heavy (non-hydrogen) atoms. The fourth-order valence-electron chi connectivity index (χ4n) is 2.60. The molecule has 0 radical (unpaired) electrons. The number of aliphatic carboxylic acids is 1. The smallest absolute Gasteiger partial charge is 0.319 e. The van der Waals surface area contributed by atoms with E-state index in [-0.39, 0.29) is 12.6 Å². The summed E-state index contributed by atoms with van der Waals surface area (Å²) in [5.74, 6) is -0.504. The molecular formula is C14H25N3O3. The number of hydrogen-bond acceptors (Lipinski definition) is 3. The van der Waals surface area contributed by atoms with Crippen LogP contribution in [-0.2, 0) is 4.79 Å². The van der Waals surface area contributed by atoms with Gasteiger partial charge in [-0.15, -0.1) is 0 Å². The molecular weight excluding hydrogens is 258 g/mol. The highest BCUT2D eigenvalue weighted by molar-refractivity contribution is 5.76. The Hall–Kier alpha value is -1.30. The van der Waals surface area contributed by atoms with Crippen molar-refractivity contribution in [2.75, 3.05) is 46.3 Å². The molecule has 2 aliphatic rings. The number of amides is 2. The number of carboxylic acid groups (broad SMARTS) is 1. The molecule has 1 saturated heterocycles. The van der Waals surface area contributed by atoms with Crippen LogP contribution in [-0.4, -0.2) is 78.1 Å². The Morgan fingerprint density at radius 2 is 1.85 bits per heavy atom. The van der Waals surface area contributed by atoms with Gasteiger partial charge in [-0.3, -0.25) is 9.69 Å². The van der Waals surface area contributed by atoms with Crippen molar-refractivity contribution in [1.29, 1.82) is 0 Å². The van der Waals surface area contributed by atoms with Crippen LogP contribution in [0.4, 0.5) is 4.79 Å². The second-order valence-corrected chi connectivity index (χ2v) is 6.13. The minimum absolute atomic E-state index is 0.0517. The van der Waals surface area contributed by atoms with E-state index in [2.05, 4.69) is 4.90 Å². The molecule has 0 spiro atoms. The van der Waals surface area contributed by atoms with Crippen LogP contribution >= 0.6 is 0 Å². The molecule has 0 aromatic heterocycles. The average Bonchev–Trinajstić information content (AvgIpc) is 3.22. The molecule has 6 heteroatoms. The largest absolute Gasteiger partial charge is 0.481 e. The van der Waals surface area contributed by atoms with E-state index in [9.17, 15) is 9.59 Å². The van der Waals surface area contributed by atoms with Gasteiger partial charge in [0.2, 0.25) is 0 Å². The minimum atomic E-state index is -0.862. The SMILES string of the molecule is CC(CN(C)C(=O)N1CCN(CC2CC2)CC1)C(=O)O. The normalized spacial score (nSPS) is 21.6. The van der Waals surface area contributed by atoms with Crippen LogP contribution in [0.5, 0.6) is 0 Å². The number of urea groups is 1. The second-order valence-electron chi connectivity index (χ2n) is 6.13. The van der Waals surface area contributed by atoms with Crippen LogP contribution < -0.4 is 0 Å². The molecule has 0 aromatic carbocycles. The van der Waals surface area contributed by atoms with E-state index < -0.39 is 11.9 Å². The van der Waals surface area contributed by atoms with Crippen molar-refractivity contribution in [3.05, 3.63) is 0 Å². The van der Waals surface area contributed by atoms with E-state index in [1.165, 1.54) is 24.3 Å². The van der Waals surface area contributed by atoms with Gasteiger partial charge in [-0.25, -0.2) is 4.79 Å². The fourth-order valence-corrected chi connectivity index (χ4v) is 2.60. The Balaban J connectivity index is 1.73. The van der Waals surface area contributed by atoms with Crippen molar-refractivity contribution in [1.82, 2.24) is 14.7 Å². The van der Waals surface area contributed by atoms with Crippen LogP contribution in [0.25, 0.3) is 0 Å². The maximum atomic E-state index is 12.2. The zero-order chi connectivity index (χ0) is 14.7. The summed E-state index contributed by atoms with van der Waals surface area (Å²) in [6.07, 6.45) is 2.71. The molecule has 114 valence electrons. The van der Waals surface area contributed by atoms with Crippen molar-refractivity contribution in [3.63, 3.8) is 0 Å². The van der Waals surface area contributed by atoms with Gasteiger partial charge in [0.05, 0.1) is 5.92 Å². The third-order valence-electron chi connectivity index (χ3n) is 4.15. The molecule has 2 fully saturated rings. The molecule has 1 saturated carbocycles. The van der Waals surface area contributed by atoms with Gasteiger partial charge in [0.15, 0.2) is 0 Å². The van der Waals surface area contributed by atoms with Crippen molar-refractivity contribution < 1.29 is 14.7 Å². The highest BCUT2D eigenvalue weighted by Crippen LogP contribution is 2.29. The second kappa shape index (κ2) is 6.43. The summed E-state index contributed by atoms with van der Waals surface area (Å²) in [5, 5.41) is 8.89. The summed E-state index contributed by atoms with van der Waals surface area (Å²) in [6, 6.07) is -0.0517. The molecule has 2 rings (SSSR count). The van der Waals surface area contributed by atoms with Gasteiger partial charge >= 0.3 is 12.0 Å². The average molecular weight is 283 g/mol. The number of rotatable bonds is 5. The molecule has 1 unspecified atom stereocenters. The number of nitrogens with zero attached hydrogens (tertiary/aromatic N) is 3. The predicted molar refractivity (Wildman–Crippen MR) is 75.6 cm³/mol. The van der Waals surface area contributed by atoms with Crippen molar-refractivity contribution in [2.45, 2.75) is 19.8 Å². The molecule has 1 N–H and O–H groups in total. The Labute approximate surface area is 120 Å². The number of carboxylic acids is 1. The van der Waals surface area contributed by atoms with Crippen molar-refractivity contribution in [3.8, 4) is 0 Å². The van der Waals surface area contributed by atoms with E-state index in [1.807, 2.05) is 4.90 Å². The molecule has 6 nitrogen and oxygen atoms in total. The first-order valence-electron chi connectivity index (χ1n) is 7.42. The standard InChI is InChI=1S/C14H25N3O3/c1-11(13(18)19)9-15(2)14(20)17-7-5-16(6-8-17)10-12-3-4-12/h11-12H,3-10H2,1-2H3,(H,18,19). The van der Waals surface area contributed by atoms with Crippen LogP contribution in [0.15, 0.2) is 0 Å². The summed E-state index contributed by atoms with van der Waals surface area (Å²) in [7, 11) is 1.68. The van der Waals surface area contributed by atoms with Gasteiger partial charge in [-0.05, 0) is 18.8 Å². The van der Waals surface area contributed by atoms with E-state index >= 15 is 0 Å². The van der Waals surface area contributed by atoms with Crippen LogP contribution in [0, 0.1) is 11.8 Å². The summed E-state index contributed by atoms with van der Waals surface area (Å²) in [4.78, 5) is 28.9. The molecule has 0 bridgehead atoms. The Morgan fingerprint density at radius 1 is 1.25 bits per heavy atom. The minimum Gasteiger partial charge on any atom is -0.481 e. The monoisotopic (exact) mass is 283 g/mol. The predicted octanol–water partition coefficient (Wildman–Crippen LogP) is 0.786. The van der Waals surface area contributed by atoms with E-state index in [0.29, 0.717) is 0 Å². The third kappa shape index (κ3) is 4.10. The lowest BCUT2D eigenvalue weighted by atomic mass is 10.2. The van der Waals surface area contributed by atoms with Gasteiger partial charge in [0, 0.05) is 46.3 Å². The molecule has 1 aliphatic carbocycles. The summed E-state index contributed by atoms with van der Waals surface area (Å²) < 4.78 is 0. The maximum absolute atomic E-state index is 12.2. The van der Waals surface area contributed by atoms with Crippen LogP contribution in [0.2, 0.25) is 0 Å². The van der Waals surface area contributed by atoms with Gasteiger partial charge in [-0.2, -0.15) is 0 Å². The molecule has 0 aromatic rings. The maximum Gasteiger partial charge on any atom is 0.319 e. The zero-order valence-electron chi connectivity index (χ0n) is 12.4. The Bertz CT molecular complexity index is 363. The zero-order valence-corrected chi connectivity index (χ0v) is 12.4. The van der Waals surface area contributed by atoms with Crippen LogP contribution in [0.3, 0.4) is 0 Å². The fraction of sp³-hybridized carbons (Fsp3) is 0.857. The molecule has 2 amide bonds. The van der Waals surface area contributed by atoms with Gasteiger partial charge in [0.1, 0.15) is 0 Å². The van der Waals surface area contributed by atoms with E-state index in [1.54, 1.807) is 14.0 Å². The Morgan fingerprint density at radius 3 is 2.35 bits per heavy atom. The number of carbonyl (C=O) groups excluding carboxylic acids is 1. The van der Waals surface area contributed by atoms with Crippen LogP contribution in [0.1, 0.15) is 19.8 Å². The quantitative estimate of drug-likeness (QED) is 0.810. The number of hydrogen-bond donors (Lipinski definition) is 1. The first-order chi connectivity index (χ1) is 9.47. The first kappa shape index (κ1) is 15.1. The molecule has 1 atom stereocenters. The number of piperazine rings is 1. The number of carbonyl (C=O) groups is 2. The molecule has 1 aliphatic heterocycles. The van der Waals surface area contributed by atoms with Crippen molar-refractivity contribution in [2.24, 2.45) is 11.8 Å². The summed E-state index contributed by atoms with van der Waals surface area (Å²) in [5.41, 5.74) is 0. The van der Waals surface area contributed by atoms with Crippen molar-refractivity contribution >= 4 is 12.0 Å². The highest BCUT2D eigenvalue weighted by Gasteiger charge is 2.29. The van der Waals surface area contributed by atoms with E-state index in [4.69, 9.17) is 5.11 Å². The lowest BCUT2D eigenvalue weighted by Gasteiger charge is -2.37. The van der Waals surface area contributed by atoms with E-state index in [0.717, 1.165) is 32.1 Å². The summed E-state index contributed by atoms with van der Waals surface area (Å²) >= 11 is 0. The lowest BCUT2D eigenvalue weighted by molar-refractivity contribution is -0.141. The lowest BCUT2D eigenvalue weighted by Crippen LogP contribution is -2.53. The molecule has 1 heterocycles. The third-order valence-corrected chi connectivity index (χ3v) is 4.15. The first-order valence-corrected chi connectivity index (χ1v) is 7.42. The van der Waals surface area contributed by atoms with Gasteiger partial charge in [-0.1, -0.05) is 6.92 Å².